The van der Waals surface area contributed by atoms with Crippen LogP contribution in [0.15, 0.2) is 9.98 Å². The molecule has 2 rings (SSSR count). The fourth-order valence-corrected chi connectivity index (χ4v) is 4.67. The Morgan fingerprint density at radius 2 is 1.41 bits per heavy atom. The van der Waals surface area contributed by atoms with Crippen molar-refractivity contribution in [3.8, 4) is 0 Å². The lowest BCUT2D eigenvalue weighted by atomic mass is 10.1. The molecule has 0 aromatic carbocycles. The molecule has 2 fully saturated rings. The molecule has 0 unspecified atom stereocenters. The fraction of sp³-hybridized carbons (Fsp3) is 0.727. The number of nitrogens with zero attached hydrogens (tertiary/aromatic N) is 4. The highest BCUT2D eigenvalue weighted by atomic mass is 16.4. The van der Waals surface area contributed by atoms with E-state index in [9.17, 15) is 24.3 Å². The Morgan fingerprint density at radius 3 is 1.97 bits per heavy atom. The zero-order valence-corrected chi connectivity index (χ0v) is 21.1. The van der Waals surface area contributed by atoms with Gasteiger partial charge in [0.25, 0.3) is 0 Å². The molecule has 208 valence electrons. The van der Waals surface area contributed by atoms with Crippen LogP contribution in [0.5, 0.6) is 0 Å². The molecule has 12 N–H and O–H groups in total. The third kappa shape index (κ3) is 8.77. The van der Waals surface area contributed by atoms with Crippen LogP contribution >= 0.6 is 0 Å². The van der Waals surface area contributed by atoms with Crippen molar-refractivity contribution in [1.82, 2.24) is 15.1 Å². The number of carbonyl (C=O) groups excluding carboxylic acids is 3. The van der Waals surface area contributed by atoms with Gasteiger partial charge in [0.1, 0.15) is 18.1 Å². The van der Waals surface area contributed by atoms with Crippen molar-refractivity contribution in [2.45, 2.75) is 75.5 Å². The van der Waals surface area contributed by atoms with Crippen LogP contribution in [0.3, 0.4) is 0 Å². The van der Waals surface area contributed by atoms with Gasteiger partial charge in [-0.25, -0.2) is 4.79 Å². The van der Waals surface area contributed by atoms with Gasteiger partial charge in [0.2, 0.25) is 17.7 Å². The highest BCUT2D eigenvalue weighted by Crippen LogP contribution is 2.26. The van der Waals surface area contributed by atoms with E-state index in [4.69, 9.17) is 28.7 Å². The zero-order valence-electron chi connectivity index (χ0n) is 21.1. The number of carboxylic acid groups (broad SMARTS) is 1. The molecular formula is C22H40N10O5. The molecule has 2 aliphatic heterocycles. The number of amides is 3. The van der Waals surface area contributed by atoms with Crippen molar-refractivity contribution >= 4 is 35.6 Å². The van der Waals surface area contributed by atoms with Gasteiger partial charge in [0, 0.05) is 26.2 Å². The number of guanidine groups is 2. The van der Waals surface area contributed by atoms with Gasteiger partial charge >= 0.3 is 5.97 Å². The van der Waals surface area contributed by atoms with E-state index in [1.54, 1.807) is 0 Å². The largest absolute Gasteiger partial charge is 0.480 e. The van der Waals surface area contributed by atoms with E-state index in [1.807, 2.05) is 0 Å². The summed E-state index contributed by atoms with van der Waals surface area (Å²) >= 11 is 0. The van der Waals surface area contributed by atoms with Gasteiger partial charge in [0.15, 0.2) is 11.9 Å². The van der Waals surface area contributed by atoms with Crippen LogP contribution < -0.4 is 34.0 Å². The minimum Gasteiger partial charge on any atom is -0.480 e. The molecule has 15 nitrogen and oxygen atoms in total. The molecule has 2 saturated heterocycles. The maximum absolute atomic E-state index is 13.4. The van der Waals surface area contributed by atoms with Gasteiger partial charge in [-0.2, -0.15) is 0 Å². The van der Waals surface area contributed by atoms with Crippen molar-refractivity contribution in [1.29, 1.82) is 0 Å². The van der Waals surface area contributed by atoms with Crippen LogP contribution in [0.4, 0.5) is 0 Å². The number of carboxylic acids is 1. The number of rotatable bonds is 13. The number of hydrogen-bond donors (Lipinski definition) is 7. The molecular weight excluding hydrogens is 484 g/mol. The Morgan fingerprint density at radius 1 is 0.865 bits per heavy atom. The van der Waals surface area contributed by atoms with Crippen LogP contribution in [0, 0.1) is 0 Å². The first-order valence-corrected chi connectivity index (χ1v) is 12.5. The third-order valence-corrected chi connectivity index (χ3v) is 6.50. The first-order valence-electron chi connectivity index (χ1n) is 12.5. The molecule has 2 aliphatic rings. The molecule has 37 heavy (non-hydrogen) atoms. The standard InChI is InChI=1S/C22H40N10O5/c23-13(5-1-9-28-21(24)25)18(34)32-12-4-8-16(32)19(35)31-11-3-7-15(31)17(33)30-14(20(36)37)6-2-10-29-22(26)27/h13-16H,1-12,23H2,(H,30,33)(H,36,37)(H4,24,25,28)(H4,26,27,29)/t13-,14-,15-,16-/m0/s1. The second kappa shape index (κ2) is 14.2. The van der Waals surface area contributed by atoms with Gasteiger partial charge < -0.3 is 48.9 Å². The lowest BCUT2D eigenvalue weighted by Crippen LogP contribution is -2.56. The van der Waals surface area contributed by atoms with Crippen LogP contribution in [0.2, 0.25) is 0 Å². The van der Waals surface area contributed by atoms with Crippen molar-refractivity contribution in [2.24, 2.45) is 38.7 Å². The number of likely N-dealkylation sites (tertiary alicyclic amines) is 2. The van der Waals surface area contributed by atoms with Gasteiger partial charge in [-0.15, -0.1) is 0 Å². The van der Waals surface area contributed by atoms with E-state index in [1.165, 1.54) is 9.80 Å². The van der Waals surface area contributed by atoms with E-state index < -0.39 is 36.0 Å². The normalized spacial score (nSPS) is 20.7. The van der Waals surface area contributed by atoms with Crippen LogP contribution in [-0.2, 0) is 19.2 Å². The average molecular weight is 525 g/mol. The SMILES string of the molecule is NC(N)=NCCC[C@H](NC(=O)[C@@H]1CCCN1C(=O)[C@@H]1CCCN1C(=O)[C@@H](N)CCCN=C(N)N)C(=O)O. The second-order valence-electron chi connectivity index (χ2n) is 9.28. The Balaban J connectivity index is 1.98. The molecule has 0 aromatic heterocycles. The number of aliphatic imine (C=N–C) groups is 2. The van der Waals surface area contributed by atoms with Crippen LogP contribution in [0.25, 0.3) is 0 Å². The zero-order chi connectivity index (χ0) is 27.5. The van der Waals surface area contributed by atoms with E-state index >= 15 is 0 Å². The number of aliphatic carboxylic acids is 1. The van der Waals surface area contributed by atoms with Gasteiger partial charge in [0.05, 0.1) is 6.04 Å². The Bertz CT molecular complexity index is 887. The monoisotopic (exact) mass is 524 g/mol. The number of hydrogen-bond acceptors (Lipinski definition) is 7. The first kappa shape index (κ1) is 29.6. The summed E-state index contributed by atoms with van der Waals surface area (Å²) in [4.78, 5) is 61.7. The molecule has 4 atom stereocenters. The van der Waals surface area contributed by atoms with Crippen LogP contribution in [0.1, 0.15) is 51.4 Å². The van der Waals surface area contributed by atoms with E-state index in [0.717, 1.165) is 0 Å². The quantitative estimate of drug-likeness (QED) is 0.0727. The lowest BCUT2D eigenvalue weighted by Gasteiger charge is -2.32. The Hall–Kier alpha value is -3.62. The summed E-state index contributed by atoms with van der Waals surface area (Å²) in [6.07, 6.45) is 3.48. The van der Waals surface area contributed by atoms with Gasteiger partial charge in [-0.3, -0.25) is 24.4 Å². The maximum Gasteiger partial charge on any atom is 0.326 e. The third-order valence-electron chi connectivity index (χ3n) is 6.50. The molecule has 0 aromatic rings. The van der Waals surface area contributed by atoms with E-state index in [0.29, 0.717) is 64.6 Å². The topological polar surface area (TPSA) is 262 Å². The molecule has 0 bridgehead atoms. The smallest absolute Gasteiger partial charge is 0.326 e. The van der Waals surface area contributed by atoms with E-state index in [-0.39, 0.29) is 36.7 Å². The maximum atomic E-state index is 13.4. The predicted molar refractivity (Wildman–Crippen MR) is 137 cm³/mol. The molecule has 0 saturated carbocycles. The van der Waals surface area contributed by atoms with E-state index in [2.05, 4.69) is 15.3 Å². The lowest BCUT2D eigenvalue weighted by molar-refractivity contribution is -0.148. The summed E-state index contributed by atoms with van der Waals surface area (Å²) in [7, 11) is 0. The summed E-state index contributed by atoms with van der Waals surface area (Å²) in [6.45, 7) is 1.33. The van der Waals surface area contributed by atoms with Crippen molar-refractivity contribution in [2.75, 3.05) is 26.2 Å². The predicted octanol–water partition coefficient (Wildman–Crippen LogP) is -3.03. The summed E-state index contributed by atoms with van der Waals surface area (Å²) in [5.41, 5.74) is 27.2. The number of carbonyl (C=O) groups is 4. The first-order chi connectivity index (χ1) is 17.5. The summed E-state index contributed by atoms with van der Waals surface area (Å²) < 4.78 is 0. The second-order valence-corrected chi connectivity index (χ2v) is 9.28. The van der Waals surface area contributed by atoms with Gasteiger partial charge in [-0.05, 0) is 51.4 Å². The van der Waals surface area contributed by atoms with Crippen LogP contribution in [-0.4, -0.2) is 101 Å². The fourth-order valence-electron chi connectivity index (χ4n) is 4.67. The molecule has 3 amide bonds. The summed E-state index contributed by atoms with van der Waals surface area (Å²) in [5, 5.41) is 12.1. The number of nitrogens with two attached hydrogens (primary N) is 5. The molecule has 0 radical (unpaired) electrons. The minimum absolute atomic E-state index is 0.0325. The summed E-state index contributed by atoms with van der Waals surface area (Å²) in [6, 6.07) is -3.45. The average Bonchev–Trinajstić information content (AvgIpc) is 3.52. The van der Waals surface area contributed by atoms with Crippen molar-refractivity contribution in [3.05, 3.63) is 0 Å². The van der Waals surface area contributed by atoms with Crippen molar-refractivity contribution < 1.29 is 24.3 Å². The molecule has 0 spiro atoms. The molecule has 0 aliphatic carbocycles. The molecule has 15 heteroatoms. The Kier molecular flexibility index (Phi) is 11.4. The van der Waals surface area contributed by atoms with Gasteiger partial charge in [-0.1, -0.05) is 0 Å². The van der Waals surface area contributed by atoms with Crippen molar-refractivity contribution in [3.63, 3.8) is 0 Å². The Labute approximate surface area is 215 Å². The summed E-state index contributed by atoms with van der Waals surface area (Å²) in [5.74, 6) is -2.50. The highest BCUT2D eigenvalue weighted by Gasteiger charge is 2.43. The minimum atomic E-state index is -1.18. The highest BCUT2D eigenvalue weighted by molar-refractivity contribution is 5.94. The molecule has 2 heterocycles. The number of nitrogens with one attached hydrogen (secondary N) is 1.